The van der Waals surface area contributed by atoms with Gasteiger partial charge in [0.05, 0.1) is 19.9 Å². The average Bonchev–Trinajstić information content (AvgIpc) is 3.34. The van der Waals surface area contributed by atoms with Crippen LogP contribution in [0.3, 0.4) is 0 Å². The lowest BCUT2D eigenvalue weighted by molar-refractivity contribution is 0.222. The molecule has 0 unspecified atom stereocenters. The quantitative estimate of drug-likeness (QED) is 0.371. The summed E-state index contributed by atoms with van der Waals surface area (Å²) >= 11 is 1.52. The zero-order chi connectivity index (χ0) is 23.9. The number of ether oxygens (including phenoxy) is 3. The van der Waals surface area contributed by atoms with Crippen LogP contribution >= 0.6 is 11.8 Å². The lowest BCUT2D eigenvalue weighted by Gasteiger charge is -2.39. The number of hydrogen-bond acceptors (Lipinski definition) is 7. The Labute approximate surface area is 207 Å². The first-order valence-electron chi connectivity index (χ1n) is 11.3. The lowest BCUT2D eigenvalue weighted by atomic mass is 9.84. The zero-order valence-corrected chi connectivity index (χ0v) is 20.4. The SMILES string of the molecule is COc1ccc([C@H]2C3=C(Nc4nc(SC)nn42)c2ccccc2O[C@@H]3c2cccc(OC)c2)cc1. The summed E-state index contributed by atoms with van der Waals surface area (Å²) in [6.45, 7) is 0. The molecule has 0 aliphatic carbocycles. The van der Waals surface area contributed by atoms with E-state index >= 15 is 0 Å². The first kappa shape index (κ1) is 21.6. The molecule has 3 heterocycles. The molecule has 176 valence electrons. The van der Waals surface area contributed by atoms with Gasteiger partial charge in [0.25, 0.3) is 0 Å². The Hall–Kier alpha value is -3.91. The number of aromatic nitrogens is 3. The second-order valence-corrected chi connectivity index (χ2v) is 9.04. The van der Waals surface area contributed by atoms with Crippen molar-refractivity contribution in [2.45, 2.75) is 17.3 Å². The van der Waals surface area contributed by atoms with Gasteiger partial charge in [0.15, 0.2) is 0 Å². The van der Waals surface area contributed by atoms with Gasteiger partial charge in [0.2, 0.25) is 11.1 Å². The van der Waals surface area contributed by atoms with Gasteiger partial charge in [-0.2, -0.15) is 4.98 Å². The standard InChI is InChI=1S/C27H24N4O3S/c1-32-18-13-11-16(12-14-18)24-22-23(28-26-29-27(35-3)30-31(24)26)20-9-4-5-10-21(20)34-25(22)17-7-6-8-19(15-17)33-2/h4-15,24-25H,1-3H3,(H,28,29,30)/t24-,25+/m0/s1. The number of para-hydroxylation sites is 1. The van der Waals surface area contributed by atoms with Gasteiger partial charge in [0, 0.05) is 16.7 Å². The Morgan fingerprint density at radius 2 is 1.71 bits per heavy atom. The first-order chi connectivity index (χ1) is 17.2. The third-order valence-corrected chi connectivity index (χ3v) is 6.91. The lowest BCUT2D eigenvalue weighted by Crippen LogP contribution is -2.32. The summed E-state index contributed by atoms with van der Waals surface area (Å²) in [5, 5.41) is 9.13. The van der Waals surface area contributed by atoms with Crippen molar-refractivity contribution in [1.29, 1.82) is 0 Å². The van der Waals surface area contributed by atoms with Gasteiger partial charge in [0.1, 0.15) is 29.4 Å². The molecule has 3 aromatic carbocycles. The van der Waals surface area contributed by atoms with Crippen molar-refractivity contribution in [3.63, 3.8) is 0 Å². The van der Waals surface area contributed by atoms with Crippen LogP contribution in [0, 0.1) is 0 Å². The molecule has 0 bridgehead atoms. The van der Waals surface area contributed by atoms with Gasteiger partial charge in [-0.05, 0) is 48.2 Å². The Kier molecular flexibility index (Phi) is 5.37. The Morgan fingerprint density at radius 3 is 2.49 bits per heavy atom. The topological polar surface area (TPSA) is 70.4 Å². The zero-order valence-electron chi connectivity index (χ0n) is 19.6. The minimum atomic E-state index is -0.357. The second kappa shape index (κ2) is 8.70. The molecule has 8 heteroatoms. The van der Waals surface area contributed by atoms with Crippen LogP contribution in [-0.2, 0) is 0 Å². The Bertz CT molecular complexity index is 1430. The second-order valence-electron chi connectivity index (χ2n) is 8.27. The maximum Gasteiger partial charge on any atom is 0.227 e. The largest absolute Gasteiger partial charge is 0.497 e. The van der Waals surface area contributed by atoms with E-state index in [1.807, 2.05) is 59.5 Å². The van der Waals surface area contributed by atoms with Crippen LogP contribution in [0.5, 0.6) is 17.2 Å². The number of nitrogens with one attached hydrogen (secondary N) is 1. The number of hydrogen-bond donors (Lipinski definition) is 1. The summed E-state index contributed by atoms with van der Waals surface area (Å²) in [6.07, 6.45) is 1.62. The molecule has 0 saturated heterocycles. The highest BCUT2D eigenvalue weighted by Gasteiger charge is 2.41. The molecule has 6 rings (SSSR count). The highest BCUT2D eigenvalue weighted by molar-refractivity contribution is 7.98. The van der Waals surface area contributed by atoms with Crippen LogP contribution in [-0.4, -0.2) is 35.2 Å². The average molecular weight is 485 g/mol. The van der Waals surface area contributed by atoms with E-state index < -0.39 is 0 Å². The van der Waals surface area contributed by atoms with Crippen molar-refractivity contribution < 1.29 is 14.2 Å². The highest BCUT2D eigenvalue weighted by atomic mass is 32.2. The van der Waals surface area contributed by atoms with E-state index in [9.17, 15) is 0 Å². The summed E-state index contributed by atoms with van der Waals surface area (Å²) in [4.78, 5) is 4.75. The van der Waals surface area contributed by atoms with Gasteiger partial charge in [-0.15, -0.1) is 5.10 Å². The van der Waals surface area contributed by atoms with E-state index in [1.165, 1.54) is 11.8 Å². The summed E-state index contributed by atoms with van der Waals surface area (Å²) in [5.41, 5.74) is 5.12. The van der Waals surface area contributed by atoms with E-state index in [1.54, 1.807) is 14.2 Å². The van der Waals surface area contributed by atoms with Crippen molar-refractivity contribution in [3.8, 4) is 17.2 Å². The fourth-order valence-corrected chi connectivity index (χ4v) is 5.08. The van der Waals surface area contributed by atoms with Gasteiger partial charge in [-0.25, -0.2) is 4.68 Å². The number of nitrogens with zero attached hydrogens (tertiary/aromatic N) is 3. The van der Waals surface area contributed by atoms with Crippen LogP contribution in [0.2, 0.25) is 0 Å². The fourth-order valence-electron chi connectivity index (χ4n) is 4.73. The van der Waals surface area contributed by atoms with Gasteiger partial charge in [-0.3, -0.25) is 0 Å². The van der Waals surface area contributed by atoms with Crippen LogP contribution in [0.25, 0.3) is 5.70 Å². The van der Waals surface area contributed by atoms with Gasteiger partial charge < -0.3 is 19.5 Å². The van der Waals surface area contributed by atoms with Crippen LogP contribution in [0.15, 0.2) is 83.5 Å². The van der Waals surface area contributed by atoms with Crippen molar-refractivity contribution in [3.05, 3.63) is 95.1 Å². The van der Waals surface area contributed by atoms with Crippen LogP contribution < -0.4 is 19.5 Å². The number of thioether (sulfide) groups is 1. The predicted octanol–water partition coefficient (Wildman–Crippen LogP) is 5.58. The predicted molar refractivity (Wildman–Crippen MR) is 136 cm³/mol. The van der Waals surface area contributed by atoms with Crippen LogP contribution in [0.4, 0.5) is 5.95 Å². The normalized spacial score (nSPS) is 18.0. The summed E-state index contributed by atoms with van der Waals surface area (Å²) in [6, 6.07) is 24.0. The molecule has 1 aromatic heterocycles. The monoisotopic (exact) mass is 484 g/mol. The molecule has 0 radical (unpaired) electrons. The van der Waals surface area contributed by atoms with E-state index in [4.69, 9.17) is 24.3 Å². The van der Waals surface area contributed by atoms with Gasteiger partial charge in [-0.1, -0.05) is 48.2 Å². The van der Waals surface area contributed by atoms with Crippen molar-refractivity contribution >= 4 is 23.4 Å². The molecule has 2 atom stereocenters. The van der Waals surface area contributed by atoms with Crippen molar-refractivity contribution in [1.82, 2.24) is 14.8 Å². The Morgan fingerprint density at radius 1 is 0.914 bits per heavy atom. The molecule has 1 N–H and O–H groups in total. The van der Waals surface area contributed by atoms with E-state index in [0.29, 0.717) is 11.1 Å². The summed E-state index contributed by atoms with van der Waals surface area (Å²) in [5.74, 6) is 3.10. The smallest absolute Gasteiger partial charge is 0.227 e. The molecule has 2 aliphatic rings. The molecule has 0 saturated carbocycles. The number of fused-ring (bicyclic) bond motifs is 3. The third-order valence-electron chi connectivity index (χ3n) is 6.37. The molecule has 0 amide bonds. The summed E-state index contributed by atoms with van der Waals surface area (Å²) < 4.78 is 19.6. The minimum absolute atomic E-state index is 0.231. The molecular weight excluding hydrogens is 460 g/mol. The maximum atomic E-state index is 6.69. The molecule has 7 nitrogen and oxygen atoms in total. The number of benzene rings is 3. The Balaban J connectivity index is 1.61. The highest BCUT2D eigenvalue weighted by Crippen LogP contribution is 2.51. The fraction of sp³-hybridized carbons (Fsp3) is 0.185. The van der Waals surface area contributed by atoms with Crippen LogP contribution in [0.1, 0.15) is 28.8 Å². The maximum absolute atomic E-state index is 6.69. The van der Waals surface area contributed by atoms with Crippen molar-refractivity contribution in [2.24, 2.45) is 0 Å². The summed E-state index contributed by atoms with van der Waals surface area (Å²) in [7, 11) is 3.35. The van der Waals surface area contributed by atoms with Gasteiger partial charge >= 0.3 is 0 Å². The van der Waals surface area contributed by atoms with E-state index in [2.05, 4.69) is 29.6 Å². The van der Waals surface area contributed by atoms with E-state index in [-0.39, 0.29) is 12.1 Å². The molecule has 0 fully saturated rings. The van der Waals surface area contributed by atoms with Crippen molar-refractivity contribution in [2.75, 3.05) is 25.8 Å². The third kappa shape index (κ3) is 3.61. The molecule has 35 heavy (non-hydrogen) atoms. The molecule has 2 aliphatic heterocycles. The molecular formula is C27H24N4O3S. The minimum Gasteiger partial charge on any atom is -0.497 e. The molecule has 4 aromatic rings. The number of rotatable bonds is 5. The first-order valence-corrected chi connectivity index (χ1v) is 12.5. The number of methoxy groups -OCH3 is 2. The van der Waals surface area contributed by atoms with E-state index in [0.717, 1.165) is 45.2 Å². The molecule has 0 spiro atoms. The number of anilines is 1.